The molecule has 82 valence electrons. The second-order valence-electron chi connectivity index (χ2n) is 2.65. The molecule has 0 saturated heterocycles. The quantitative estimate of drug-likeness (QED) is 0.264. The van der Waals surface area contributed by atoms with E-state index in [4.69, 9.17) is 0 Å². The molecule has 0 fully saturated rings. The molecule has 0 amide bonds. The van der Waals surface area contributed by atoms with Gasteiger partial charge >= 0.3 is 5.97 Å². The summed E-state index contributed by atoms with van der Waals surface area (Å²) in [6.07, 6.45) is 0. The fraction of sp³-hybridized carbons (Fsp3) is 0.333. The summed E-state index contributed by atoms with van der Waals surface area (Å²) >= 11 is 6.13. The van der Waals surface area contributed by atoms with E-state index in [1.54, 1.807) is 0 Å². The van der Waals surface area contributed by atoms with Crippen molar-refractivity contribution in [3.05, 3.63) is 20.1 Å². The predicted octanol–water partition coefficient (Wildman–Crippen LogP) is 2.68. The number of thioether (sulfide) groups is 2. The Kier molecular flexibility index (Phi) is 4.95. The minimum Gasteiger partial charge on any atom is -0.465 e. The number of allylic oxidation sites excluding steroid dienone is 1. The van der Waals surface area contributed by atoms with Crippen LogP contribution in [0.1, 0.15) is 6.92 Å². The zero-order valence-corrected chi connectivity index (χ0v) is 11.4. The number of methoxy groups -OCH3 is 1. The second-order valence-corrected chi connectivity index (χ2v) is 5.48. The average Bonchev–Trinajstić information content (AvgIpc) is 2.65. The number of alkyl halides is 1. The van der Waals surface area contributed by atoms with Gasteiger partial charge in [-0.1, -0.05) is 39.5 Å². The van der Waals surface area contributed by atoms with E-state index in [2.05, 4.69) is 20.7 Å². The molecule has 1 heterocycles. The summed E-state index contributed by atoms with van der Waals surface area (Å²) in [6, 6.07) is 0. The molecule has 1 aliphatic heterocycles. The minimum absolute atomic E-state index is 0.139. The van der Waals surface area contributed by atoms with Crippen LogP contribution in [0.5, 0.6) is 0 Å². The van der Waals surface area contributed by atoms with Gasteiger partial charge < -0.3 is 4.74 Å². The van der Waals surface area contributed by atoms with E-state index in [9.17, 15) is 9.59 Å². The topological polar surface area (TPSA) is 43.4 Å². The lowest BCUT2D eigenvalue weighted by Gasteiger charge is -2.04. The fourth-order valence-electron chi connectivity index (χ4n) is 0.928. The monoisotopic (exact) mass is 308 g/mol. The summed E-state index contributed by atoms with van der Waals surface area (Å²) in [5.41, 5.74) is 0.139. The minimum atomic E-state index is -0.568. The van der Waals surface area contributed by atoms with Crippen molar-refractivity contribution >= 4 is 51.2 Å². The molecule has 0 atom stereocenters. The van der Waals surface area contributed by atoms with Gasteiger partial charge in [0.2, 0.25) is 0 Å². The van der Waals surface area contributed by atoms with Crippen molar-refractivity contribution in [3.8, 4) is 0 Å². The van der Waals surface area contributed by atoms with Gasteiger partial charge in [-0.25, -0.2) is 4.79 Å². The second kappa shape index (κ2) is 5.77. The van der Waals surface area contributed by atoms with Crippen LogP contribution >= 0.6 is 39.5 Å². The van der Waals surface area contributed by atoms with Crippen LogP contribution in [0.15, 0.2) is 20.1 Å². The number of hydrogen-bond acceptors (Lipinski definition) is 5. The molecule has 0 aliphatic carbocycles. The summed E-state index contributed by atoms with van der Waals surface area (Å²) in [7, 11) is 1.27. The van der Waals surface area contributed by atoms with E-state index in [0.717, 1.165) is 10.2 Å². The van der Waals surface area contributed by atoms with Crippen molar-refractivity contribution in [2.45, 2.75) is 6.92 Å². The predicted molar refractivity (Wildman–Crippen MR) is 66.8 cm³/mol. The van der Waals surface area contributed by atoms with Crippen molar-refractivity contribution in [2.24, 2.45) is 0 Å². The number of ether oxygens (including phenoxy) is 1. The normalized spacial score (nSPS) is 18.5. The summed E-state index contributed by atoms with van der Waals surface area (Å²) in [6.45, 7) is 1.37. The van der Waals surface area contributed by atoms with Gasteiger partial charge in [-0.15, -0.1) is 0 Å². The van der Waals surface area contributed by atoms with Crippen LogP contribution in [0.4, 0.5) is 0 Å². The first kappa shape index (κ1) is 12.9. The van der Waals surface area contributed by atoms with Gasteiger partial charge in [-0.3, -0.25) is 4.79 Å². The van der Waals surface area contributed by atoms with E-state index in [1.807, 2.05) is 5.41 Å². The molecule has 0 aromatic carbocycles. The molecule has 0 unspecified atom stereocenters. The Labute approximate surface area is 105 Å². The molecular weight excluding hydrogens is 300 g/mol. The molecule has 1 rings (SSSR count). The molecule has 0 aromatic heterocycles. The number of rotatable bonds is 3. The maximum absolute atomic E-state index is 11.4. The third-order valence-electron chi connectivity index (χ3n) is 1.60. The molecule has 6 heteroatoms. The third kappa shape index (κ3) is 3.12. The molecule has 0 radical (unpaired) electrons. The summed E-state index contributed by atoms with van der Waals surface area (Å²) in [5.74, 6) is -0.831. The van der Waals surface area contributed by atoms with Crippen molar-refractivity contribution < 1.29 is 14.3 Å². The van der Waals surface area contributed by atoms with Crippen molar-refractivity contribution in [1.29, 1.82) is 0 Å². The van der Waals surface area contributed by atoms with E-state index >= 15 is 0 Å². The summed E-state index contributed by atoms with van der Waals surface area (Å²) < 4.78 is 5.27. The molecule has 0 aromatic rings. The van der Waals surface area contributed by atoms with Crippen LogP contribution in [0.3, 0.4) is 0 Å². The van der Waals surface area contributed by atoms with E-state index in [1.165, 1.54) is 37.6 Å². The lowest BCUT2D eigenvalue weighted by atomic mass is 10.2. The Balaban J connectivity index is 2.96. The zero-order valence-electron chi connectivity index (χ0n) is 8.20. The van der Waals surface area contributed by atoms with Gasteiger partial charge in [0, 0.05) is 10.2 Å². The van der Waals surface area contributed by atoms with Gasteiger partial charge in [0.15, 0.2) is 5.78 Å². The molecule has 0 bridgehead atoms. The van der Waals surface area contributed by atoms with Gasteiger partial charge in [-0.05, 0) is 12.3 Å². The smallest absolute Gasteiger partial charge is 0.343 e. The maximum atomic E-state index is 11.4. The van der Waals surface area contributed by atoms with Crippen LogP contribution in [-0.4, -0.2) is 24.2 Å². The molecule has 3 nitrogen and oxygen atoms in total. The van der Waals surface area contributed by atoms with Crippen molar-refractivity contribution in [3.63, 3.8) is 0 Å². The molecule has 0 N–H and O–H groups in total. The first-order valence-corrected chi connectivity index (χ1v) is 6.85. The Morgan fingerprint density at radius 3 is 2.60 bits per heavy atom. The lowest BCUT2D eigenvalue weighted by molar-refractivity contribution is -0.137. The Bertz CT molecular complexity index is 360. The van der Waals surface area contributed by atoms with E-state index in [0.29, 0.717) is 4.24 Å². The van der Waals surface area contributed by atoms with Gasteiger partial charge in [0.05, 0.1) is 11.3 Å². The number of carbonyl (C=O) groups is 2. The number of hydrogen-bond donors (Lipinski definition) is 0. The maximum Gasteiger partial charge on any atom is 0.343 e. The van der Waals surface area contributed by atoms with Crippen LogP contribution in [-0.2, 0) is 14.3 Å². The molecule has 1 aliphatic rings. The standard InChI is InChI=1S/C9H9BrO3S2/c1-5(11)7(8(12)13-2)9-14-4-6(3-10)15-9/h4H,3H2,1-2H3/b9-7-. The van der Waals surface area contributed by atoms with Crippen molar-refractivity contribution in [1.82, 2.24) is 0 Å². The Morgan fingerprint density at radius 1 is 1.53 bits per heavy atom. The third-order valence-corrected chi connectivity index (χ3v) is 5.00. The molecule has 15 heavy (non-hydrogen) atoms. The largest absolute Gasteiger partial charge is 0.465 e. The van der Waals surface area contributed by atoms with E-state index < -0.39 is 5.97 Å². The lowest BCUT2D eigenvalue weighted by Crippen LogP contribution is -2.12. The highest BCUT2D eigenvalue weighted by Gasteiger charge is 2.24. The Hall–Kier alpha value is -0.200. The Morgan fingerprint density at radius 2 is 2.20 bits per heavy atom. The highest BCUT2D eigenvalue weighted by Crippen LogP contribution is 2.46. The number of halogens is 1. The number of carbonyl (C=O) groups excluding carboxylic acids is 2. The van der Waals surface area contributed by atoms with Gasteiger partial charge in [0.1, 0.15) is 5.57 Å². The number of ketones is 1. The number of Topliss-reactive ketones (excluding diaryl/α,β-unsaturated/α-hetero) is 1. The highest BCUT2D eigenvalue weighted by molar-refractivity contribution is 9.09. The van der Waals surface area contributed by atoms with Gasteiger partial charge in [0.25, 0.3) is 0 Å². The van der Waals surface area contributed by atoms with Crippen LogP contribution < -0.4 is 0 Å². The van der Waals surface area contributed by atoms with Crippen LogP contribution in [0.25, 0.3) is 0 Å². The summed E-state index contributed by atoms with van der Waals surface area (Å²) in [5, 5.41) is 2.64. The molecule has 0 spiro atoms. The molecule has 0 saturated carbocycles. The molecular formula is C9H9BrO3S2. The van der Waals surface area contributed by atoms with Crippen LogP contribution in [0.2, 0.25) is 0 Å². The SMILES string of the molecule is COC(=O)/C(C(C)=O)=C1/SC=C(CBr)S1. The van der Waals surface area contributed by atoms with Crippen molar-refractivity contribution in [2.75, 3.05) is 12.4 Å². The average molecular weight is 309 g/mol. The fourth-order valence-corrected chi connectivity index (χ4v) is 3.93. The summed E-state index contributed by atoms with van der Waals surface area (Å²) in [4.78, 5) is 23.8. The highest BCUT2D eigenvalue weighted by atomic mass is 79.9. The zero-order chi connectivity index (χ0) is 11.4. The first-order valence-electron chi connectivity index (χ1n) is 4.03. The van der Waals surface area contributed by atoms with E-state index in [-0.39, 0.29) is 11.4 Å². The van der Waals surface area contributed by atoms with Crippen LogP contribution in [0, 0.1) is 0 Å². The first-order chi connectivity index (χ1) is 7.10. The van der Waals surface area contributed by atoms with Gasteiger partial charge in [-0.2, -0.15) is 0 Å². The number of esters is 1.